The van der Waals surface area contributed by atoms with Crippen molar-refractivity contribution < 1.29 is 4.79 Å². The lowest BCUT2D eigenvalue weighted by Crippen LogP contribution is -2.05. The Hall–Kier alpha value is -3.12. The van der Waals surface area contributed by atoms with Crippen LogP contribution in [0.25, 0.3) is 0 Å². The summed E-state index contributed by atoms with van der Waals surface area (Å²) in [5.74, 6) is 1.20. The molecule has 0 bridgehead atoms. The SMILES string of the molecule is CC(=O)Nc1ccc(Nc2cc(Nc3cc(Cl)ccc3C)ncn2)cc1. The van der Waals surface area contributed by atoms with Crippen LogP contribution in [0, 0.1) is 6.92 Å². The first kappa shape index (κ1) is 17.7. The zero-order valence-electron chi connectivity index (χ0n) is 14.4. The van der Waals surface area contributed by atoms with Crippen molar-refractivity contribution in [1.29, 1.82) is 0 Å². The summed E-state index contributed by atoms with van der Waals surface area (Å²) in [6.45, 7) is 3.47. The molecular formula is C19H18ClN5O. The van der Waals surface area contributed by atoms with E-state index >= 15 is 0 Å². The molecule has 0 spiro atoms. The molecule has 0 unspecified atom stereocenters. The van der Waals surface area contributed by atoms with E-state index in [1.54, 1.807) is 0 Å². The minimum atomic E-state index is -0.103. The number of benzene rings is 2. The van der Waals surface area contributed by atoms with Gasteiger partial charge in [-0.05, 0) is 48.9 Å². The van der Waals surface area contributed by atoms with Gasteiger partial charge in [-0.2, -0.15) is 0 Å². The molecule has 0 aliphatic carbocycles. The van der Waals surface area contributed by atoms with Crippen molar-refractivity contribution in [2.75, 3.05) is 16.0 Å². The maximum Gasteiger partial charge on any atom is 0.221 e. The number of anilines is 5. The van der Waals surface area contributed by atoms with Crippen LogP contribution in [-0.4, -0.2) is 15.9 Å². The molecule has 0 fully saturated rings. The number of nitrogens with one attached hydrogen (secondary N) is 3. The van der Waals surface area contributed by atoms with E-state index in [2.05, 4.69) is 25.9 Å². The fourth-order valence-electron chi connectivity index (χ4n) is 2.35. The van der Waals surface area contributed by atoms with E-state index in [-0.39, 0.29) is 5.91 Å². The molecule has 3 rings (SSSR count). The first-order valence-electron chi connectivity index (χ1n) is 7.99. The normalized spacial score (nSPS) is 10.3. The molecule has 1 aromatic heterocycles. The molecule has 7 heteroatoms. The number of halogens is 1. The molecule has 132 valence electrons. The van der Waals surface area contributed by atoms with Gasteiger partial charge in [-0.15, -0.1) is 0 Å². The van der Waals surface area contributed by atoms with Crippen LogP contribution >= 0.6 is 11.6 Å². The molecule has 1 amide bonds. The van der Waals surface area contributed by atoms with Crippen molar-refractivity contribution in [2.45, 2.75) is 13.8 Å². The Labute approximate surface area is 156 Å². The average molecular weight is 368 g/mol. The van der Waals surface area contributed by atoms with Crippen LogP contribution in [0.1, 0.15) is 12.5 Å². The third kappa shape index (κ3) is 4.70. The highest BCUT2D eigenvalue weighted by Crippen LogP contribution is 2.25. The third-order valence-electron chi connectivity index (χ3n) is 3.61. The summed E-state index contributed by atoms with van der Waals surface area (Å²) in [6, 6.07) is 14.8. The lowest BCUT2D eigenvalue weighted by Gasteiger charge is -2.11. The molecule has 3 N–H and O–H groups in total. The van der Waals surface area contributed by atoms with Gasteiger partial charge in [0.05, 0.1) is 0 Å². The number of rotatable bonds is 5. The zero-order valence-corrected chi connectivity index (χ0v) is 15.1. The number of aryl methyl sites for hydroxylation is 1. The monoisotopic (exact) mass is 367 g/mol. The van der Waals surface area contributed by atoms with Crippen molar-refractivity contribution >= 4 is 46.2 Å². The summed E-state index contributed by atoms with van der Waals surface area (Å²) in [4.78, 5) is 19.5. The van der Waals surface area contributed by atoms with E-state index in [0.717, 1.165) is 22.6 Å². The fraction of sp³-hybridized carbons (Fsp3) is 0.105. The third-order valence-corrected chi connectivity index (χ3v) is 3.84. The lowest BCUT2D eigenvalue weighted by atomic mass is 10.2. The van der Waals surface area contributed by atoms with Crippen LogP contribution in [-0.2, 0) is 4.79 Å². The molecule has 3 aromatic rings. The van der Waals surface area contributed by atoms with Crippen molar-refractivity contribution in [1.82, 2.24) is 9.97 Å². The highest BCUT2D eigenvalue weighted by molar-refractivity contribution is 6.30. The Bertz CT molecular complexity index is 927. The van der Waals surface area contributed by atoms with E-state index in [1.165, 1.54) is 13.3 Å². The van der Waals surface area contributed by atoms with Gasteiger partial charge in [0.2, 0.25) is 5.91 Å². The topological polar surface area (TPSA) is 78.9 Å². The number of hydrogen-bond donors (Lipinski definition) is 3. The Morgan fingerprint density at radius 3 is 2.27 bits per heavy atom. The first-order chi connectivity index (χ1) is 12.5. The Morgan fingerprint density at radius 2 is 1.58 bits per heavy atom. The fourth-order valence-corrected chi connectivity index (χ4v) is 2.52. The number of hydrogen-bond acceptors (Lipinski definition) is 5. The van der Waals surface area contributed by atoms with Gasteiger partial charge in [-0.25, -0.2) is 9.97 Å². The summed E-state index contributed by atoms with van der Waals surface area (Å²) in [5, 5.41) is 9.84. The molecule has 26 heavy (non-hydrogen) atoms. The summed E-state index contributed by atoms with van der Waals surface area (Å²) in [5.41, 5.74) is 3.55. The maximum atomic E-state index is 11.1. The molecule has 0 atom stereocenters. The van der Waals surface area contributed by atoms with Crippen LogP contribution in [0.4, 0.5) is 28.7 Å². The molecule has 2 aromatic carbocycles. The van der Waals surface area contributed by atoms with Gasteiger partial charge >= 0.3 is 0 Å². The lowest BCUT2D eigenvalue weighted by molar-refractivity contribution is -0.114. The second-order valence-corrected chi connectivity index (χ2v) is 6.19. The van der Waals surface area contributed by atoms with E-state index in [9.17, 15) is 4.79 Å². The Balaban J connectivity index is 1.73. The minimum Gasteiger partial charge on any atom is -0.340 e. The largest absolute Gasteiger partial charge is 0.340 e. The van der Waals surface area contributed by atoms with Crippen LogP contribution < -0.4 is 16.0 Å². The molecule has 1 heterocycles. The van der Waals surface area contributed by atoms with Crippen LogP contribution in [0.3, 0.4) is 0 Å². The van der Waals surface area contributed by atoms with Crippen molar-refractivity contribution in [2.24, 2.45) is 0 Å². The van der Waals surface area contributed by atoms with Gasteiger partial charge in [-0.1, -0.05) is 17.7 Å². The highest BCUT2D eigenvalue weighted by atomic mass is 35.5. The molecule has 0 radical (unpaired) electrons. The van der Waals surface area contributed by atoms with Crippen LogP contribution in [0.2, 0.25) is 5.02 Å². The molecule has 6 nitrogen and oxygen atoms in total. The van der Waals surface area contributed by atoms with E-state index in [0.29, 0.717) is 16.7 Å². The molecule has 0 aliphatic rings. The van der Waals surface area contributed by atoms with Gasteiger partial charge in [-0.3, -0.25) is 4.79 Å². The summed E-state index contributed by atoms with van der Waals surface area (Å²) >= 11 is 6.05. The van der Waals surface area contributed by atoms with E-state index in [4.69, 9.17) is 11.6 Å². The number of carbonyl (C=O) groups excluding carboxylic acids is 1. The number of nitrogens with zero attached hydrogens (tertiary/aromatic N) is 2. The molecule has 0 aliphatic heterocycles. The average Bonchev–Trinajstić information content (AvgIpc) is 2.60. The quantitative estimate of drug-likeness (QED) is 0.598. The van der Waals surface area contributed by atoms with Crippen LogP contribution in [0.15, 0.2) is 54.9 Å². The highest BCUT2D eigenvalue weighted by Gasteiger charge is 2.04. The minimum absolute atomic E-state index is 0.103. The van der Waals surface area contributed by atoms with Crippen molar-refractivity contribution in [3.05, 3.63) is 65.4 Å². The first-order valence-corrected chi connectivity index (χ1v) is 8.37. The Kier molecular flexibility index (Phi) is 5.34. The summed E-state index contributed by atoms with van der Waals surface area (Å²) in [7, 11) is 0. The van der Waals surface area contributed by atoms with Gasteiger partial charge in [0, 0.05) is 35.1 Å². The second kappa shape index (κ2) is 7.84. The summed E-state index contributed by atoms with van der Waals surface area (Å²) < 4.78 is 0. The number of amides is 1. The predicted molar refractivity (Wildman–Crippen MR) is 106 cm³/mol. The standard InChI is InChI=1S/C19H18ClN5O/c1-12-3-4-14(20)9-17(12)25-19-10-18(21-11-22-19)24-16-7-5-15(6-8-16)23-13(2)26/h3-11H,1-2H3,(H,23,26)(H2,21,22,24,25). The van der Waals surface area contributed by atoms with Crippen LogP contribution in [0.5, 0.6) is 0 Å². The van der Waals surface area contributed by atoms with Gasteiger partial charge in [0.25, 0.3) is 0 Å². The van der Waals surface area contributed by atoms with Gasteiger partial charge in [0.1, 0.15) is 18.0 Å². The number of aromatic nitrogens is 2. The molecule has 0 saturated carbocycles. The zero-order chi connectivity index (χ0) is 18.5. The predicted octanol–water partition coefficient (Wildman–Crippen LogP) is 4.88. The smallest absolute Gasteiger partial charge is 0.221 e. The van der Waals surface area contributed by atoms with E-state index < -0.39 is 0 Å². The second-order valence-electron chi connectivity index (χ2n) is 5.76. The van der Waals surface area contributed by atoms with Crippen molar-refractivity contribution in [3.63, 3.8) is 0 Å². The van der Waals surface area contributed by atoms with E-state index in [1.807, 2.05) is 55.5 Å². The number of carbonyl (C=O) groups is 1. The maximum absolute atomic E-state index is 11.1. The van der Waals surface area contributed by atoms with Crippen molar-refractivity contribution in [3.8, 4) is 0 Å². The molecular weight excluding hydrogens is 350 g/mol. The van der Waals surface area contributed by atoms with Gasteiger partial charge in [0.15, 0.2) is 0 Å². The van der Waals surface area contributed by atoms with Gasteiger partial charge < -0.3 is 16.0 Å². The molecule has 0 saturated heterocycles. The summed E-state index contributed by atoms with van der Waals surface area (Å²) in [6.07, 6.45) is 1.48. The Morgan fingerprint density at radius 1 is 0.923 bits per heavy atom.